The number of likely N-dealkylation sites (tertiary alicyclic amines) is 1. The smallest absolute Gasteiger partial charge is 0.221 e. The summed E-state index contributed by atoms with van der Waals surface area (Å²) in [6.07, 6.45) is 2.91. The number of primary amides is 1. The molecule has 2 rings (SSSR count). The summed E-state index contributed by atoms with van der Waals surface area (Å²) in [5, 5.41) is 7.63. The van der Waals surface area contributed by atoms with Crippen LogP contribution in [-0.4, -0.2) is 54.6 Å². The molecule has 1 aromatic rings. The lowest BCUT2D eigenvalue weighted by molar-refractivity contribution is -0.123. The van der Waals surface area contributed by atoms with Crippen molar-refractivity contribution in [3.05, 3.63) is 21.9 Å². The number of amides is 1. The zero-order valence-corrected chi connectivity index (χ0v) is 19.6. The van der Waals surface area contributed by atoms with E-state index in [0.29, 0.717) is 16.7 Å². The van der Waals surface area contributed by atoms with Gasteiger partial charge in [-0.2, -0.15) is 0 Å². The van der Waals surface area contributed by atoms with E-state index in [9.17, 15) is 4.79 Å². The Balaban J connectivity index is 0.00000364. The highest BCUT2D eigenvalue weighted by molar-refractivity contribution is 14.0. The SMILES string of the molecule is CN=C(NCCCN1CCCC(C(N)=O)C1)NCc1cc(Cl)c(Cl)n1C.I. The average molecular weight is 531 g/mol. The molecule has 0 aromatic carbocycles. The lowest BCUT2D eigenvalue weighted by Crippen LogP contribution is -2.43. The molecule has 1 atom stereocenters. The first kappa shape index (κ1) is 24.3. The molecule has 4 N–H and O–H groups in total. The second kappa shape index (κ2) is 12.0. The molecule has 1 aromatic heterocycles. The number of carbonyl (C=O) groups excluding carboxylic acids is 1. The van der Waals surface area contributed by atoms with Crippen molar-refractivity contribution >= 4 is 59.0 Å². The zero-order chi connectivity index (χ0) is 19.1. The molecular weight excluding hydrogens is 502 g/mol. The van der Waals surface area contributed by atoms with Crippen LogP contribution < -0.4 is 16.4 Å². The van der Waals surface area contributed by atoms with Crippen LogP contribution in [0.3, 0.4) is 0 Å². The number of aliphatic imine (C=N–C) groups is 1. The molecular formula is C17H29Cl2IN6O. The number of rotatable bonds is 7. The van der Waals surface area contributed by atoms with Gasteiger partial charge in [-0.05, 0) is 38.4 Å². The molecule has 1 saturated heterocycles. The molecule has 0 radical (unpaired) electrons. The van der Waals surface area contributed by atoms with Gasteiger partial charge < -0.3 is 25.8 Å². The maximum atomic E-state index is 11.3. The third kappa shape index (κ3) is 7.32. The monoisotopic (exact) mass is 530 g/mol. The summed E-state index contributed by atoms with van der Waals surface area (Å²) in [7, 11) is 3.61. The van der Waals surface area contributed by atoms with Gasteiger partial charge in [-0.3, -0.25) is 9.79 Å². The zero-order valence-electron chi connectivity index (χ0n) is 15.8. The number of nitrogens with two attached hydrogens (primary N) is 1. The minimum atomic E-state index is -0.182. The summed E-state index contributed by atoms with van der Waals surface area (Å²) in [4.78, 5) is 17.9. The number of nitrogens with one attached hydrogen (secondary N) is 2. The molecule has 1 aliphatic heterocycles. The Morgan fingerprint density at radius 1 is 1.41 bits per heavy atom. The van der Waals surface area contributed by atoms with Gasteiger partial charge in [0.05, 0.1) is 17.5 Å². The average Bonchev–Trinajstić information content (AvgIpc) is 2.88. The predicted octanol–water partition coefficient (Wildman–Crippen LogP) is 2.20. The molecule has 1 amide bonds. The molecule has 0 spiro atoms. The second-order valence-electron chi connectivity index (χ2n) is 6.58. The van der Waals surface area contributed by atoms with Crippen LogP contribution in [0.5, 0.6) is 0 Å². The molecule has 10 heteroatoms. The van der Waals surface area contributed by atoms with Crippen LogP contribution in [0.1, 0.15) is 25.0 Å². The van der Waals surface area contributed by atoms with E-state index >= 15 is 0 Å². The Bertz CT molecular complexity index is 652. The molecule has 1 aliphatic rings. The fourth-order valence-electron chi connectivity index (χ4n) is 3.15. The molecule has 1 fully saturated rings. The van der Waals surface area contributed by atoms with Crippen LogP contribution in [0.4, 0.5) is 0 Å². The maximum absolute atomic E-state index is 11.3. The van der Waals surface area contributed by atoms with E-state index in [1.807, 2.05) is 17.7 Å². The number of nitrogens with zero attached hydrogens (tertiary/aromatic N) is 3. The molecule has 154 valence electrons. The minimum Gasteiger partial charge on any atom is -0.369 e. The third-order valence-electron chi connectivity index (χ3n) is 4.73. The van der Waals surface area contributed by atoms with Crippen LogP contribution in [0, 0.1) is 5.92 Å². The molecule has 0 aliphatic carbocycles. The normalized spacial score (nSPS) is 18.1. The van der Waals surface area contributed by atoms with Gasteiger partial charge in [0.2, 0.25) is 5.91 Å². The molecule has 1 unspecified atom stereocenters. The van der Waals surface area contributed by atoms with Crippen molar-refractivity contribution < 1.29 is 4.79 Å². The summed E-state index contributed by atoms with van der Waals surface area (Å²) in [6.45, 7) is 4.13. The number of carbonyl (C=O) groups is 1. The van der Waals surface area contributed by atoms with E-state index in [0.717, 1.165) is 57.1 Å². The quantitative estimate of drug-likeness (QED) is 0.218. The number of guanidine groups is 1. The van der Waals surface area contributed by atoms with Gasteiger partial charge in [0.15, 0.2) is 5.96 Å². The first-order chi connectivity index (χ1) is 12.4. The Kier molecular flexibility index (Phi) is 10.8. The first-order valence-electron chi connectivity index (χ1n) is 8.88. The summed E-state index contributed by atoms with van der Waals surface area (Å²) >= 11 is 12.1. The van der Waals surface area contributed by atoms with Gasteiger partial charge >= 0.3 is 0 Å². The Morgan fingerprint density at radius 3 is 2.74 bits per heavy atom. The highest BCUT2D eigenvalue weighted by Crippen LogP contribution is 2.24. The Labute approximate surface area is 188 Å². The van der Waals surface area contributed by atoms with Crippen LogP contribution >= 0.6 is 47.2 Å². The van der Waals surface area contributed by atoms with E-state index in [-0.39, 0.29) is 35.8 Å². The summed E-state index contributed by atoms with van der Waals surface area (Å²) in [5.41, 5.74) is 6.40. The first-order valence-corrected chi connectivity index (χ1v) is 9.63. The summed E-state index contributed by atoms with van der Waals surface area (Å²) in [6, 6.07) is 1.84. The third-order valence-corrected chi connectivity index (χ3v) is 5.57. The van der Waals surface area contributed by atoms with Gasteiger partial charge in [0, 0.05) is 32.9 Å². The highest BCUT2D eigenvalue weighted by Gasteiger charge is 2.23. The van der Waals surface area contributed by atoms with Crippen LogP contribution in [0.15, 0.2) is 11.1 Å². The fraction of sp³-hybridized carbons (Fsp3) is 0.647. The number of halogens is 3. The predicted molar refractivity (Wildman–Crippen MR) is 122 cm³/mol. The number of hydrogen-bond donors (Lipinski definition) is 3. The van der Waals surface area contributed by atoms with Gasteiger partial charge in [-0.1, -0.05) is 23.2 Å². The van der Waals surface area contributed by atoms with Gasteiger partial charge in [0.25, 0.3) is 0 Å². The molecule has 2 heterocycles. The van der Waals surface area contributed by atoms with E-state index in [1.54, 1.807) is 7.05 Å². The van der Waals surface area contributed by atoms with Crippen molar-refractivity contribution in [3.63, 3.8) is 0 Å². The van der Waals surface area contributed by atoms with Crippen molar-refractivity contribution in [1.82, 2.24) is 20.1 Å². The van der Waals surface area contributed by atoms with Gasteiger partial charge in [0.1, 0.15) is 5.15 Å². The van der Waals surface area contributed by atoms with Crippen molar-refractivity contribution in [1.29, 1.82) is 0 Å². The lowest BCUT2D eigenvalue weighted by atomic mass is 9.97. The van der Waals surface area contributed by atoms with Gasteiger partial charge in [-0.25, -0.2) is 0 Å². The van der Waals surface area contributed by atoms with Crippen LogP contribution in [0.2, 0.25) is 10.2 Å². The largest absolute Gasteiger partial charge is 0.369 e. The van der Waals surface area contributed by atoms with Crippen molar-refractivity contribution in [2.75, 3.05) is 33.2 Å². The number of piperidine rings is 1. The minimum absolute atomic E-state index is 0. The standard InChI is InChI=1S/C17H28Cl2N6O.HI/c1-21-17(23-10-13-9-14(18)15(19)24(13)2)22-6-4-8-25-7-3-5-12(11-25)16(20)26;/h9,12H,3-8,10-11H2,1-2H3,(H2,20,26)(H2,21,22,23);1H. The van der Waals surface area contributed by atoms with E-state index in [1.165, 1.54) is 0 Å². The topological polar surface area (TPSA) is 87.7 Å². The molecule has 7 nitrogen and oxygen atoms in total. The lowest BCUT2D eigenvalue weighted by Gasteiger charge is -2.31. The maximum Gasteiger partial charge on any atom is 0.221 e. The molecule has 0 bridgehead atoms. The number of hydrogen-bond acceptors (Lipinski definition) is 3. The Hall–Kier alpha value is -0.710. The second-order valence-corrected chi connectivity index (χ2v) is 7.35. The van der Waals surface area contributed by atoms with E-state index < -0.39 is 0 Å². The molecule has 0 saturated carbocycles. The highest BCUT2D eigenvalue weighted by atomic mass is 127. The number of aromatic nitrogens is 1. The van der Waals surface area contributed by atoms with Gasteiger partial charge in [-0.15, -0.1) is 24.0 Å². The van der Waals surface area contributed by atoms with Crippen LogP contribution in [0.25, 0.3) is 0 Å². The van der Waals surface area contributed by atoms with Crippen LogP contribution in [-0.2, 0) is 18.4 Å². The fourth-order valence-corrected chi connectivity index (χ4v) is 3.57. The molecule has 27 heavy (non-hydrogen) atoms. The summed E-state index contributed by atoms with van der Waals surface area (Å²) in [5.74, 6) is 0.542. The van der Waals surface area contributed by atoms with E-state index in [4.69, 9.17) is 28.9 Å². The van der Waals surface area contributed by atoms with Crippen molar-refractivity contribution in [2.24, 2.45) is 23.7 Å². The van der Waals surface area contributed by atoms with Crippen molar-refractivity contribution in [3.8, 4) is 0 Å². The summed E-state index contributed by atoms with van der Waals surface area (Å²) < 4.78 is 1.84. The Morgan fingerprint density at radius 2 is 2.15 bits per heavy atom. The van der Waals surface area contributed by atoms with Crippen molar-refractivity contribution in [2.45, 2.75) is 25.8 Å². The van der Waals surface area contributed by atoms with E-state index in [2.05, 4.69) is 20.5 Å².